The van der Waals surface area contributed by atoms with Crippen LogP contribution in [0.25, 0.3) is 11.0 Å². The van der Waals surface area contributed by atoms with E-state index >= 15 is 0 Å². The van der Waals surface area contributed by atoms with Crippen LogP contribution in [0.2, 0.25) is 5.02 Å². The number of carboxylic acid groups (broad SMARTS) is 1. The molecule has 1 aliphatic rings. The topological polar surface area (TPSA) is 68.0 Å². The average molecular weight is 342 g/mol. The Kier molecular flexibility index (Phi) is 3.53. The first-order valence-electron chi connectivity index (χ1n) is 7.88. The number of hydrogen-bond donors (Lipinski definition) is 1. The smallest absolute Gasteiger partial charge is 0.337 e. The third-order valence-electron chi connectivity index (χ3n) is 4.49. The molecule has 0 spiro atoms. The maximum Gasteiger partial charge on any atom is 0.337 e. The second-order valence-corrected chi connectivity index (χ2v) is 6.63. The molecule has 1 fully saturated rings. The maximum absolute atomic E-state index is 11.2. The Morgan fingerprint density at radius 2 is 2.21 bits per heavy atom. The van der Waals surface area contributed by atoms with Gasteiger partial charge in [-0.15, -0.1) is 0 Å². The number of fused-ring (bicyclic) bond motifs is 1. The molecule has 1 N–H and O–H groups in total. The van der Waals surface area contributed by atoms with Gasteiger partial charge in [0.25, 0.3) is 0 Å². The Morgan fingerprint density at radius 3 is 2.92 bits per heavy atom. The highest BCUT2D eigenvalue weighted by molar-refractivity contribution is 6.31. The lowest BCUT2D eigenvalue weighted by atomic mass is 10.0. The van der Waals surface area contributed by atoms with Crippen molar-refractivity contribution in [2.24, 2.45) is 0 Å². The second kappa shape index (κ2) is 5.60. The Hall–Kier alpha value is -2.40. The number of carboxylic acids is 1. The van der Waals surface area contributed by atoms with Crippen LogP contribution in [0.1, 0.15) is 45.9 Å². The van der Waals surface area contributed by atoms with Crippen molar-refractivity contribution in [3.05, 3.63) is 57.9 Å². The molecule has 3 aromatic rings. The highest BCUT2D eigenvalue weighted by Crippen LogP contribution is 2.43. The standard InChI is InChI=1S/C18H16ClN3O2/c1-10-17-16(7-12(8-20-17)18(23)24)22(21-10)9-14-13(11-5-6-11)3-2-4-15(14)19/h2-4,7-8,11H,5-6,9H2,1H3,(H,23,24). The molecule has 0 bridgehead atoms. The van der Waals surface area contributed by atoms with Crippen LogP contribution in [-0.2, 0) is 6.54 Å². The van der Waals surface area contributed by atoms with Crippen molar-refractivity contribution in [2.45, 2.75) is 32.2 Å². The number of aryl methyl sites for hydroxylation is 1. The van der Waals surface area contributed by atoms with Gasteiger partial charge in [-0.25, -0.2) is 4.79 Å². The number of hydrogen-bond acceptors (Lipinski definition) is 3. The Balaban J connectivity index is 1.83. The van der Waals surface area contributed by atoms with Crippen molar-refractivity contribution in [1.29, 1.82) is 0 Å². The van der Waals surface area contributed by atoms with E-state index in [0.29, 0.717) is 18.0 Å². The summed E-state index contributed by atoms with van der Waals surface area (Å²) in [5, 5.41) is 14.5. The molecule has 5 nitrogen and oxygen atoms in total. The fourth-order valence-corrected chi connectivity index (χ4v) is 3.36. The molecular formula is C18H16ClN3O2. The molecular weight excluding hydrogens is 326 g/mol. The summed E-state index contributed by atoms with van der Waals surface area (Å²) in [5.74, 6) is -0.416. The third-order valence-corrected chi connectivity index (χ3v) is 4.84. The molecule has 6 heteroatoms. The lowest BCUT2D eigenvalue weighted by Gasteiger charge is -2.12. The number of rotatable bonds is 4. The van der Waals surface area contributed by atoms with Gasteiger partial charge in [0.2, 0.25) is 0 Å². The van der Waals surface area contributed by atoms with Crippen LogP contribution in [0.3, 0.4) is 0 Å². The fourth-order valence-electron chi connectivity index (χ4n) is 3.12. The summed E-state index contributed by atoms with van der Waals surface area (Å²) in [7, 11) is 0. The van der Waals surface area contributed by atoms with Gasteiger partial charge in [0.1, 0.15) is 5.52 Å². The summed E-state index contributed by atoms with van der Waals surface area (Å²) < 4.78 is 1.80. The number of nitrogens with zero attached hydrogens (tertiary/aromatic N) is 3. The molecule has 0 unspecified atom stereocenters. The molecule has 1 saturated carbocycles. The predicted octanol–water partition coefficient (Wildman–Crippen LogP) is 4.02. The van der Waals surface area contributed by atoms with Gasteiger partial charge in [-0.1, -0.05) is 23.7 Å². The number of benzene rings is 1. The van der Waals surface area contributed by atoms with E-state index in [1.807, 2.05) is 19.1 Å². The van der Waals surface area contributed by atoms with E-state index in [1.165, 1.54) is 24.6 Å². The molecule has 1 aliphatic carbocycles. The van der Waals surface area contributed by atoms with Crippen molar-refractivity contribution >= 4 is 28.6 Å². The molecule has 2 aromatic heterocycles. The van der Waals surface area contributed by atoms with Crippen LogP contribution in [0.4, 0.5) is 0 Å². The quantitative estimate of drug-likeness (QED) is 0.778. The van der Waals surface area contributed by atoms with Gasteiger partial charge in [0.15, 0.2) is 0 Å². The highest BCUT2D eigenvalue weighted by atomic mass is 35.5. The summed E-state index contributed by atoms with van der Waals surface area (Å²) in [4.78, 5) is 15.5. The van der Waals surface area contributed by atoms with Gasteiger partial charge < -0.3 is 5.11 Å². The van der Waals surface area contributed by atoms with Gasteiger partial charge in [0.05, 0.1) is 23.3 Å². The third kappa shape index (κ3) is 2.55. The normalized spacial score (nSPS) is 14.2. The summed E-state index contributed by atoms with van der Waals surface area (Å²) in [6.45, 7) is 2.39. The van der Waals surface area contributed by atoms with Gasteiger partial charge >= 0.3 is 5.97 Å². The van der Waals surface area contributed by atoms with Crippen LogP contribution in [0.5, 0.6) is 0 Å². The highest BCUT2D eigenvalue weighted by Gasteiger charge is 2.27. The number of aromatic nitrogens is 3. The van der Waals surface area contributed by atoms with Crippen LogP contribution < -0.4 is 0 Å². The molecule has 1 aromatic carbocycles. The summed E-state index contributed by atoms with van der Waals surface area (Å²) in [5.41, 5.74) is 4.71. The lowest BCUT2D eigenvalue weighted by Crippen LogP contribution is -2.06. The zero-order valence-corrected chi connectivity index (χ0v) is 13.9. The van der Waals surface area contributed by atoms with Crippen molar-refractivity contribution in [1.82, 2.24) is 14.8 Å². The van der Waals surface area contributed by atoms with Crippen molar-refractivity contribution in [2.75, 3.05) is 0 Å². The van der Waals surface area contributed by atoms with E-state index in [-0.39, 0.29) is 5.56 Å². The largest absolute Gasteiger partial charge is 0.478 e. The lowest BCUT2D eigenvalue weighted by molar-refractivity contribution is 0.0696. The van der Waals surface area contributed by atoms with E-state index in [9.17, 15) is 9.90 Å². The minimum absolute atomic E-state index is 0.158. The maximum atomic E-state index is 11.2. The van der Waals surface area contributed by atoms with E-state index in [1.54, 1.807) is 10.7 Å². The van der Waals surface area contributed by atoms with Gasteiger partial charge in [-0.2, -0.15) is 5.10 Å². The van der Waals surface area contributed by atoms with Gasteiger partial charge in [-0.3, -0.25) is 9.67 Å². The summed E-state index contributed by atoms with van der Waals surface area (Å²) in [6, 6.07) is 7.62. The van der Waals surface area contributed by atoms with Gasteiger partial charge in [-0.05, 0) is 48.9 Å². The zero-order chi connectivity index (χ0) is 16.8. The zero-order valence-electron chi connectivity index (χ0n) is 13.2. The second-order valence-electron chi connectivity index (χ2n) is 6.22. The molecule has 0 saturated heterocycles. The molecule has 0 atom stereocenters. The fraction of sp³-hybridized carbons (Fsp3) is 0.278. The monoisotopic (exact) mass is 341 g/mol. The van der Waals surface area contributed by atoms with Crippen molar-refractivity contribution in [3.8, 4) is 0 Å². The summed E-state index contributed by atoms with van der Waals surface area (Å²) >= 11 is 6.44. The molecule has 4 rings (SSSR count). The Morgan fingerprint density at radius 1 is 1.42 bits per heavy atom. The molecule has 0 amide bonds. The van der Waals surface area contributed by atoms with Crippen LogP contribution in [0, 0.1) is 6.92 Å². The Labute approximate surface area is 143 Å². The number of pyridine rings is 1. The van der Waals surface area contributed by atoms with Gasteiger partial charge in [0, 0.05) is 11.2 Å². The van der Waals surface area contributed by atoms with E-state index in [0.717, 1.165) is 21.8 Å². The van der Waals surface area contributed by atoms with Crippen molar-refractivity contribution < 1.29 is 9.90 Å². The predicted molar refractivity (Wildman–Crippen MR) is 91.8 cm³/mol. The van der Waals surface area contributed by atoms with Crippen molar-refractivity contribution in [3.63, 3.8) is 0 Å². The van der Waals surface area contributed by atoms with E-state index in [2.05, 4.69) is 16.1 Å². The molecule has 0 radical (unpaired) electrons. The van der Waals surface area contributed by atoms with Crippen LogP contribution in [-0.4, -0.2) is 25.8 Å². The summed E-state index contributed by atoms with van der Waals surface area (Å²) in [6.07, 6.45) is 3.75. The number of aromatic carboxylic acids is 1. The molecule has 2 heterocycles. The number of carbonyl (C=O) groups is 1. The van der Waals surface area contributed by atoms with Crippen LogP contribution in [0.15, 0.2) is 30.5 Å². The first kappa shape index (κ1) is 15.1. The van der Waals surface area contributed by atoms with Crippen LogP contribution >= 0.6 is 11.6 Å². The SMILES string of the molecule is Cc1nn(Cc2c(Cl)cccc2C2CC2)c2cc(C(=O)O)cnc12. The first-order chi connectivity index (χ1) is 11.5. The minimum Gasteiger partial charge on any atom is -0.478 e. The van der Waals surface area contributed by atoms with E-state index in [4.69, 9.17) is 11.6 Å². The average Bonchev–Trinajstić information content (AvgIpc) is 3.35. The molecule has 0 aliphatic heterocycles. The molecule has 24 heavy (non-hydrogen) atoms. The molecule has 122 valence electrons. The van der Waals surface area contributed by atoms with E-state index < -0.39 is 5.97 Å². The first-order valence-corrected chi connectivity index (χ1v) is 8.26. The minimum atomic E-state index is -0.994. The Bertz CT molecular complexity index is 960. The number of halogens is 1.